The van der Waals surface area contributed by atoms with Crippen molar-refractivity contribution in [2.75, 3.05) is 0 Å². The molecular weight excluding hydrogens is 288 g/mol. The van der Waals surface area contributed by atoms with Crippen molar-refractivity contribution in [3.05, 3.63) is 45.9 Å². The summed E-state index contributed by atoms with van der Waals surface area (Å²) in [6.07, 6.45) is 1.95. The Morgan fingerprint density at radius 3 is 3.00 bits per heavy atom. The molecule has 1 aromatic carbocycles. The Morgan fingerprint density at radius 2 is 2.29 bits per heavy atom. The van der Waals surface area contributed by atoms with Crippen LogP contribution >= 0.6 is 11.8 Å². The normalized spacial score (nSPS) is 10.7. The van der Waals surface area contributed by atoms with Gasteiger partial charge in [-0.05, 0) is 24.1 Å². The number of hydrogen-bond donors (Lipinski definition) is 2. The lowest BCUT2D eigenvalue weighted by molar-refractivity contribution is 0.1000. The smallest absolute Gasteiger partial charge is 0.343 e. The van der Waals surface area contributed by atoms with Crippen LogP contribution in [0.3, 0.4) is 0 Å². The maximum Gasteiger partial charge on any atom is 0.343 e. The summed E-state index contributed by atoms with van der Waals surface area (Å²) in [6, 6.07) is 7.16. The number of carbonyl (C=O) groups excluding carboxylic acids is 1. The van der Waals surface area contributed by atoms with Crippen LogP contribution in [0.25, 0.3) is 0 Å². The molecule has 6 nitrogen and oxygen atoms in total. The van der Waals surface area contributed by atoms with Gasteiger partial charge < -0.3 is 5.73 Å². The number of H-pyrrole nitrogens is 1. The number of benzene rings is 1. The van der Waals surface area contributed by atoms with Gasteiger partial charge in [-0.15, -0.1) is 5.10 Å². The molecule has 2 rings (SSSR count). The fourth-order valence-electron chi connectivity index (χ4n) is 1.89. The largest absolute Gasteiger partial charge is 0.366 e. The summed E-state index contributed by atoms with van der Waals surface area (Å²) in [5.74, 6) is 0.179. The number of nitrogens with two attached hydrogens (primary N) is 1. The predicted molar refractivity (Wildman–Crippen MR) is 82.3 cm³/mol. The molecule has 1 aromatic heterocycles. The van der Waals surface area contributed by atoms with Gasteiger partial charge in [-0.1, -0.05) is 37.2 Å². The van der Waals surface area contributed by atoms with Crippen molar-refractivity contribution in [1.82, 2.24) is 14.8 Å². The van der Waals surface area contributed by atoms with Crippen molar-refractivity contribution in [3.8, 4) is 0 Å². The number of rotatable bonds is 7. The number of hydrogen-bond acceptors (Lipinski definition) is 4. The zero-order valence-electron chi connectivity index (χ0n) is 11.8. The Balaban J connectivity index is 2.08. The highest BCUT2D eigenvalue weighted by molar-refractivity contribution is 7.98. The van der Waals surface area contributed by atoms with E-state index in [1.807, 2.05) is 6.07 Å². The molecule has 0 aliphatic carbocycles. The molecule has 0 aliphatic rings. The lowest BCUT2D eigenvalue weighted by Crippen LogP contribution is -2.17. The van der Waals surface area contributed by atoms with Gasteiger partial charge in [0.25, 0.3) is 0 Å². The molecule has 7 heteroatoms. The van der Waals surface area contributed by atoms with Gasteiger partial charge in [0, 0.05) is 17.9 Å². The van der Waals surface area contributed by atoms with Crippen molar-refractivity contribution in [2.24, 2.45) is 5.73 Å². The van der Waals surface area contributed by atoms with Crippen LogP contribution < -0.4 is 11.4 Å². The van der Waals surface area contributed by atoms with Crippen LogP contribution in [0.2, 0.25) is 0 Å². The van der Waals surface area contributed by atoms with Gasteiger partial charge in [-0.25, -0.2) is 9.89 Å². The minimum Gasteiger partial charge on any atom is -0.366 e. The highest BCUT2D eigenvalue weighted by atomic mass is 32.2. The van der Waals surface area contributed by atoms with Gasteiger partial charge in [-0.3, -0.25) is 9.36 Å². The van der Waals surface area contributed by atoms with Crippen LogP contribution in [0.15, 0.2) is 34.2 Å². The molecule has 112 valence electrons. The second-order valence-electron chi connectivity index (χ2n) is 4.67. The summed E-state index contributed by atoms with van der Waals surface area (Å²) in [5, 5.41) is 7.18. The van der Waals surface area contributed by atoms with Crippen molar-refractivity contribution < 1.29 is 4.79 Å². The van der Waals surface area contributed by atoms with Gasteiger partial charge in [-0.2, -0.15) is 0 Å². The minimum absolute atomic E-state index is 0.183. The van der Waals surface area contributed by atoms with E-state index in [0.29, 0.717) is 23.0 Å². The van der Waals surface area contributed by atoms with E-state index in [-0.39, 0.29) is 5.69 Å². The van der Waals surface area contributed by atoms with Crippen LogP contribution in [-0.4, -0.2) is 20.7 Å². The number of nitrogens with one attached hydrogen (secondary N) is 1. The number of thioether (sulfide) groups is 1. The van der Waals surface area contributed by atoms with Crippen molar-refractivity contribution in [2.45, 2.75) is 37.2 Å². The second-order valence-corrected chi connectivity index (χ2v) is 5.61. The Morgan fingerprint density at radius 1 is 1.48 bits per heavy atom. The third-order valence-corrected chi connectivity index (χ3v) is 4.09. The molecule has 0 spiro atoms. The van der Waals surface area contributed by atoms with E-state index < -0.39 is 5.91 Å². The molecule has 0 unspecified atom stereocenters. The van der Waals surface area contributed by atoms with Crippen molar-refractivity contribution >= 4 is 17.7 Å². The third-order valence-electron chi connectivity index (χ3n) is 3.04. The second kappa shape index (κ2) is 7.12. The summed E-state index contributed by atoms with van der Waals surface area (Å²) in [7, 11) is 0. The average molecular weight is 306 g/mol. The SMILES string of the molecule is CCCCn1c(SCc2cccc(C(N)=O)c2)n[nH]c1=O. The van der Waals surface area contributed by atoms with Gasteiger partial charge in [0.1, 0.15) is 0 Å². The Hall–Kier alpha value is -2.02. The molecule has 0 atom stereocenters. The van der Waals surface area contributed by atoms with Crippen LogP contribution in [0.4, 0.5) is 0 Å². The number of nitrogens with zero attached hydrogens (tertiary/aromatic N) is 2. The molecule has 1 heterocycles. The summed E-state index contributed by atoms with van der Waals surface area (Å²) in [4.78, 5) is 22.8. The summed E-state index contributed by atoms with van der Waals surface area (Å²) < 4.78 is 1.64. The molecule has 0 radical (unpaired) electrons. The molecule has 0 fully saturated rings. The van der Waals surface area contributed by atoms with E-state index in [9.17, 15) is 9.59 Å². The average Bonchev–Trinajstić information content (AvgIpc) is 2.83. The van der Waals surface area contributed by atoms with E-state index in [1.165, 1.54) is 11.8 Å². The lowest BCUT2D eigenvalue weighted by Gasteiger charge is -2.05. The molecule has 0 bridgehead atoms. The summed E-state index contributed by atoms with van der Waals surface area (Å²) >= 11 is 1.46. The molecule has 2 aromatic rings. The maximum atomic E-state index is 11.7. The van der Waals surface area contributed by atoms with Crippen molar-refractivity contribution in [1.29, 1.82) is 0 Å². The van der Waals surface area contributed by atoms with Crippen LogP contribution in [-0.2, 0) is 12.3 Å². The molecule has 1 amide bonds. The van der Waals surface area contributed by atoms with Gasteiger partial charge >= 0.3 is 5.69 Å². The van der Waals surface area contributed by atoms with Crippen LogP contribution in [0, 0.1) is 0 Å². The number of primary amides is 1. The van der Waals surface area contributed by atoms with Crippen LogP contribution in [0.1, 0.15) is 35.7 Å². The highest BCUT2D eigenvalue weighted by Crippen LogP contribution is 2.20. The number of carbonyl (C=O) groups is 1. The first-order valence-corrected chi connectivity index (χ1v) is 7.77. The molecule has 21 heavy (non-hydrogen) atoms. The van der Waals surface area contributed by atoms with Crippen LogP contribution in [0.5, 0.6) is 0 Å². The Kier molecular flexibility index (Phi) is 5.21. The maximum absolute atomic E-state index is 11.7. The van der Waals surface area contributed by atoms with E-state index in [0.717, 1.165) is 18.4 Å². The monoisotopic (exact) mass is 306 g/mol. The van der Waals surface area contributed by atoms with Gasteiger partial charge in [0.05, 0.1) is 0 Å². The lowest BCUT2D eigenvalue weighted by atomic mass is 10.1. The third kappa shape index (κ3) is 3.98. The van der Waals surface area contributed by atoms with E-state index in [2.05, 4.69) is 17.1 Å². The highest BCUT2D eigenvalue weighted by Gasteiger charge is 2.09. The van der Waals surface area contributed by atoms with E-state index in [1.54, 1.807) is 22.8 Å². The molecule has 0 aliphatic heterocycles. The molecule has 3 N–H and O–H groups in total. The zero-order valence-corrected chi connectivity index (χ0v) is 12.7. The first kappa shape index (κ1) is 15.4. The zero-order chi connectivity index (χ0) is 15.2. The number of aromatic nitrogens is 3. The first-order chi connectivity index (χ1) is 10.1. The first-order valence-electron chi connectivity index (χ1n) is 6.78. The van der Waals surface area contributed by atoms with E-state index in [4.69, 9.17) is 5.73 Å². The fourth-order valence-corrected chi connectivity index (χ4v) is 2.80. The Bertz CT molecular complexity index is 678. The summed E-state index contributed by atoms with van der Waals surface area (Å²) in [6.45, 7) is 2.74. The quantitative estimate of drug-likeness (QED) is 0.762. The minimum atomic E-state index is -0.443. The molecule has 0 saturated heterocycles. The molecule has 0 saturated carbocycles. The number of amides is 1. The Labute approximate surface area is 126 Å². The standard InChI is InChI=1S/C14H18N4O2S/c1-2-3-7-18-13(20)16-17-14(18)21-9-10-5-4-6-11(8-10)12(15)19/h4-6,8H,2-3,7,9H2,1H3,(H2,15,19)(H,16,20). The number of aromatic amines is 1. The van der Waals surface area contributed by atoms with Gasteiger partial charge in [0.15, 0.2) is 5.16 Å². The van der Waals surface area contributed by atoms with Gasteiger partial charge in [0.2, 0.25) is 5.91 Å². The molecular formula is C14H18N4O2S. The summed E-state index contributed by atoms with van der Waals surface area (Å²) in [5.41, 5.74) is 6.53. The fraction of sp³-hybridized carbons (Fsp3) is 0.357. The predicted octanol–water partition coefficient (Wildman–Crippen LogP) is 1.76. The number of unbranched alkanes of at least 4 members (excludes halogenated alkanes) is 1. The van der Waals surface area contributed by atoms with E-state index >= 15 is 0 Å². The van der Waals surface area contributed by atoms with Crippen molar-refractivity contribution in [3.63, 3.8) is 0 Å². The topological polar surface area (TPSA) is 93.8 Å².